The topological polar surface area (TPSA) is 79.2 Å². The number of halogens is 1. The summed E-state index contributed by atoms with van der Waals surface area (Å²) in [5.74, 6) is 1.47. The predicted molar refractivity (Wildman–Crippen MR) is 168 cm³/mol. The van der Waals surface area contributed by atoms with E-state index < -0.39 is 16.9 Å². The van der Waals surface area contributed by atoms with E-state index in [0.717, 1.165) is 85.0 Å². The zero-order valence-corrected chi connectivity index (χ0v) is 26.7. The Hall–Kier alpha value is -3.07. The lowest BCUT2D eigenvalue weighted by Gasteiger charge is -2.40. The summed E-state index contributed by atoms with van der Waals surface area (Å²) in [5, 5.41) is 0.447. The van der Waals surface area contributed by atoms with Gasteiger partial charge in [0.25, 0.3) is 5.24 Å². The first kappa shape index (κ1) is 31.4. The second-order valence-electron chi connectivity index (χ2n) is 12.6. The van der Waals surface area contributed by atoms with Crippen LogP contribution >= 0.6 is 11.6 Å². The first-order valence-electron chi connectivity index (χ1n) is 15.3. The fourth-order valence-corrected chi connectivity index (χ4v) is 6.38. The third-order valence-electron chi connectivity index (χ3n) is 8.32. The molecule has 9 heteroatoms. The Bertz CT molecular complexity index is 1480. The van der Waals surface area contributed by atoms with Crippen LogP contribution in [0.25, 0.3) is 10.9 Å². The van der Waals surface area contributed by atoms with Gasteiger partial charge in [0, 0.05) is 54.0 Å². The zero-order valence-electron chi connectivity index (χ0n) is 25.9. The number of likely N-dealkylation sites (tertiary alicyclic amines) is 1. The van der Waals surface area contributed by atoms with Crippen LogP contribution < -0.4 is 9.47 Å². The molecule has 0 unspecified atom stereocenters. The van der Waals surface area contributed by atoms with E-state index >= 15 is 0 Å². The van der Waals surface area contributed by atoms with Gasteiger partial charge >= 0.3 is 6.09 Å². The smallest absolute Gasteiger partial charge is 0.419 e. The Morgan fingerprint density at radius 2 is 1.84 bits per heavy atom. The minimum atomic E-state index is -0.612. The maximum Gasteiger partial charge on any atom is 0.419 e. The van der Waals surface area contributed by atoms with Gasteiger partial charge in [0.05, 0.1) is 25.3 Å². The lowest BCUT2D eigenvalue weighted by Crippen LogP contribution is -2.39. The maximum absolute atomic E-state index is 13.1. The second-order valence-corrected chi connectivity index (χ2v) is 12.9. The molecule has 2 aliphatic rings. The summed E-state index contributed by atoms with van der Waals surface area (Å²) in [4.78, 5) is 27.6. The lowest BCUT2D eigenvalue weighted by atomic mass is 9.91. The van der Waals surface area contributed by atoms with Gasteiger partial charge in [0.2, 0.25) is 0 Å². The average molecular weight is 611 g/mol. The van der Waals surface area contributed by atoms with Crippen LogP contribution in [0.2, 0.25) is 0 Å². The van der Waals surface area contributed by atoms with Gasteiger partial charge < -0.3 is 18.9 Å². The van der Waals surface area contributed by atoms with Gasteiger partial charge in [-0.3, -0.25) is 14.3 Å². The van der Waals surface area contributed by atoms with Crippen molar-refractivity contribution < 1.29 is 28.5 Å². The van der Waals surface area contributed by atoms with Crippen molar-refractivity contribution in [2.75, 3.05) is 26.9 Å². The van der Waals surface area contributed by atoms with Gasteiger partial charge in [0.1, 0.15) is 17.1 Å². The molecule has 0 spiro atoms. The normalized spacial score (nSPS) is 20.2. The van der Waals surface area contributed by atoms with E-state index in [0.29, 0.717) is 24.5 Å². The van der Waals surface area contributed by atoms with E-state index in [2.05, 4.69) is 4.90 Å². The minimum absolute atomic E-state index is 0.0250. The van der Waals surface area contributed by atoms with E-state index in [1.165, 1.54) is 0 Å². The Morgan fingerprint density at radius 3 is 2.56 bits per heavy atom. The van der Waals surface area contributed by atoms with Crippen molar-refractivity contribution in [1.82, 2.24) is 9.47 Å². The number of rotatable bonds is 4. The van der Waals surface area contributed by atoms with Crippen LogP contribution in [0.5, 0.6) is 11.5 Å². The highest BCUT2D eigenvalue weighted by Crippen LogP contribution is 2.41. The van der Waals surface area contributed by atoms with Gasteiger partial charge in [-0.2, -0.15) is 0 Å². The Labute approximate surface area is 259 Å². The number of hydrogen-bond donors (Lipinski definition) is 0. The van der Waals surface area contributed by atoms with Crippen LogP contribution in [0, 0.1) is 6.92 Å². The van der Waals surface area contributed by atoms with E-state index in [1.54, 1.807) is 30.0 Å². The highest BCUT2D eigenvalue weighted by molar-refractivity contribution is 6.67. The number of nitrogens with zero attached hydrogens (tertiary/aromatic N) is 2. The van der Waals surface area contributed by atoms with Crippen LogP contribution in [0.1, 0.15) is 92.4 Å². The maximum atomic E-state index is 13.1. The summed E-state index contributed by atoms with van der Waals surface area (Å²) >= 11 is 5.87. The molecule has 2 bridgehead atoms. The molecule has 2 aromatic carbocycles. The van der Waals surface area contributed by atoms with Crippen molar-refractivity contribution >= 4 is 33.8 Å². The number of piperidine rings is 1. The molecular formula is C34H43ClN2O6. The molecule has 2 aliphatic heterocycles. The molecule has 0 radical (unpaired) electrons. The first-order chi connectivity index (χ1) is 20.6. The van der Waals surface area contributed by atoms with Crippen LogP contribution in [0.3, 0.4) is 0 Å². The average Bonchev–Trinajstić information content (AvgIpc) is 3.41. The molecule has 0 N–H and O–H groups in total. The van der Waals surface area contributed by atoms with Gasteiger partial charge in [0.15, 0.2) is 0 Å². The van der Waals surface area contributed by atoms with Gasteiger partial charge in [-0.1, -0.05) is 12.5 Å². The highest BCUT2D eigenvalue weighted by atomic mass is 35.5. The zero-order chi connectivity index (χ0) is 30.7. The van der Waals surface area contributed by atoms with Crippen LogP contribution in [0.4, 0.5) is 4.79 Å². The quantitative estimate of drug-likeness (QED) is 0.279. The number of fused-ring (bicyclic) bond motifs is 5. The molecule has 0 saturated carbocycles. The first-order valence-corrected chi connectivity index (χ1v) is 15.7. The van der Waals surface area contributed by atoms with Gasteiger partial charge in [-0.15, -0.1) is 0 Å². The summed E-state index contributed by atoms with van der Waals surface area (Å²) in [6.45, 7) is 10.3. The molecule has 0 aliphatic carbocycles. The van der Waals surface area contributed by atoms with Crippen LogP contribution in [0.15, 0.2) is 36.5 Å². The van der Waals surface area contributed by atoms with Crippen molar-refractivity contribution in [2.45, 2.75) is 90.5 Å². The summed E-state index contributed by atoms with van der Waals surface area (Å²) in [6, 6.07) is 9.48. The summed E-state index contributed by atoms with van der Waals surface area (Å²) in [6.07, 6.45) is 7.33. The largest absolute Gasteiger partial charge is 0.496 e. The van der Waals surface area contributed by atoms with E-state index in [-0.39, 0.29) is 12.1 Å². The number of methoxy groups -OCH3 is 1. The molecule has 0 amide bonds. The summed E-state index contributed by atoms with van der Waals surface area (Å²) in [7, 11) is 1.68. The Kier molecular flexibility index (Phi) is 9.69. The molecule has 3 aromatic rings. The predicted octanol–water partition coefficient (Wildman–Crippen LogP) is 7.80. The molecule has 1 aromatic heterocycles. The molecular weight excluding hydrogens is 568 g/mol. The Morgan fingerprint density at radius 1 is 1.07 bits per heavy atom. The fraction of sp³-hybridized carbons (Fsp3) is 0.529. The highest BCUT2D eigenvalue weighted by Gasteiger charge is 2.34. The van der Waals surface area contributed by atoms with Crippen molar-refractivity contribution in [3.05, 3.63) is 58.8 Å². The molecule has 1 fully saturated rings. The minimum Gasteiger partial charge on any atom is -0.496 e. The third-order valence-corrected chi connectivity index (χ3v) is 8.53. The number of carbonyl (C=O) groups excluding carboxylic acids is 2. The van der Waals surface area contributed by atoms with Crippen molar-refractivity contribution in [1.29, 1.82) is 0 Å². The number of aromatic nitrogens is 1. The summed E-state index contributed by atoms with van der Waals surface area (Å²) < 4.78 is 25.9. The number of ether oxygens (including phenoxy) is 4. The van der Waals surface area contributed by atoms with Crippen molar-refractivity contribution in [2.24, 2.45) is 0 Å². The monoisotopic (exact) mass is 610 g/mol. The van der Waals surface area contributed by atoms with E-state index in [4.69, 9.17) is 30.5 Å². The van der Waals surface area contributed by atoms with Crippen LogP contribution in [-0.4, -0.2) is 59.4 Å². The molecule has 3 heterocycles. The van der Waals surface area contributed by atoms with E-state index in [9.17, 15) is 9.59 Å². The Balaban J connectivity index is 1.56. The molecule has 43 heavy (non-hydrogen) atoms. The van der Waals surface area contributed by atoms with E-state index in [1.807, 2.05) is 45.9 Å². The number of aryl methyl sites for hydroxylation is 1. The standard InChI is InChI=1S/C34H43ClN2O6/c1-22-18-29(40-5)27(25-13-15-37(31(22)25)33(39)43-34(2,3)4)21-36-14-12-24-20-28(36)26-11-10-23(32(35)38)19-30(26)42-17-9-7-6-8-16-41-24/h10-11,13,15,18-19,24,28H,6-9,12,14,16-17,20-21H2,1-5H3/t24-,28-/m0/s1. The number of carbonyl (C=O) groups is 2. The van der Waals surface area contributed by atoms with Crippen molar-refractivity contribution in [3.8, 4) is 11.5 Å². The lowest BCUT2D eigenvalue weighted by molar-refractivity contribution is -0.0203. The molecule has 2 atom stereocenters. The van der Waals surface area contributed by atoms with Crippen molar-refractivity contribution in [3.63, 3.8) is 0 Å². The second kappa shape index (κ2) is 13.3. The SMILES string of the molecule is COc1cc(C)c2c(ccn2C(=O)OC(C)(C)C)c1CN1CC[C@H]2C[C@H]1c1ccc(C(=O)Cl)cc1OCCCCCCO2. The van der Waals surface area contributed by atoms with Gasteiger partial charge in [-0.05, 0) is 101 Å². The summed E-state index contributed by atoms with van der Waals surface area (Å²) in [5.41, 5.74) is 3.57. The van der Waals surface area contributed by atoms with Crippen LogP contribution in [-0.2, 0) is 16.0 Å². The molecule has 1 saturated heterocycles. The molecule has 8 nitrogen and oxygen atoms in total. The number of hydrogen-bond acceptors (Lipinski definition) is 7. The molecule has 5 rings (SSSR count). The molecule has 232 valence electrons. The van der Waals surface area contributed by atoms with Gasteiger partial charge in [-0.25, -0.2) is 4.79 Å². The third kappa shape index (κ3) is 7.19. The number of benzene rings is 2. The fourth-order valence-electron chi connectivity index (χ4n) is 6.27.